The van der Waals surface area contributed by atoms with Gasteiger partial charge in [-0.15, -0.1) is 0 Å². The molecule has 0 spiro atoms. The quantitative estimate of drug-likeness (QED) is 0.655. The average Bonchev–Trinajstić information content (AvgIpc) is 2.56. The molecule has 2 aliphatic rings. The first-order chi connectivity index (χ1) is 7.06. The topological polar surface area (TPSA) is 46.2 Å². The van der Waals surface area contributed by atoms with Gasteiger partial charge in [-0.25, -0.2) is 0 Å². The molecule has 2 unspecified atom stereocenters. The SMILES string of the molecule is CC1CCCC(O)(C2(N)CCCC2)CC1. The molecule has 15 heavy (non-hydrogen) atoms. The summed E-state index contributed by atoms with van der Waals surface area (Å²) < 4.78 is 0. The fraction of sp³-hybridized carbons (Fsp3) is 1.00. The van der Waals surface area contributed by atoms with Crippen LogP contribution in [0.15, 0.2) is 0 Å². The first-order valence-corrected chi connectivity index (χ1v) is 6.57. The van der Waals surface area contributed by atoms with E-state index in [0.29, 0.717) is 0 Å². The van der Waals surface area contributed by atoms with Crippen molar-refractivity contribution in [2.24, 2.45) is 11.7 Å². The third-order valence-electron chi connectivity index (χ3n) is 4.76. The molecule has 2 fully saturated rings. The van der Waals surface area contributed by atoms with E-state index in [9.17, 15) is 5.11 Å². The van der Waals surface area contributed by atoms with Crippen molar-refractivity contribution in [3.63, 3.8) is 0 Å². The van der Waals surface area contributed by atoms with Crippen LogP contribution in [0.5, 0.6) is 0 Å². The Kier molecular flexibility index (Phi) is 3.09. The summed E-state index contributed by atoms with van der Waals surface area (Å²) in [5.74, 6) is 0.768. The zero-order valence-electron chi connectivity index (χ0n) is 9.97. The van der Waals surface area contributed by atoms with Crippen LogP contribution >= 0.6 is 0 Å². The van der Waals surface area contributed by atoms with Crippen molar-refractivity contribution in [1.29, 1.82) is 0 Å². The summed E-state index contributed by atoms with van der Waals surface area (Å²) in [7, 11) is 0. The highest BCUT2D eigenvalue weighted by atomic mass is 16.3. The van der Waals surface area contributed by atoms with Crippen molar-refractivity contribution in [2.75, 3.05) is 0 Å². The molecule has 0 aliphatic heterocycles. The minimum Gasteiger partial charge on any atom is -0.388 e. The predicted octanol–water partition coefficient (Wildman–Crippen LogP) is 2.59. The van der Waals surface area contributed by atoms with Gasteiger partial charge in [-0.3, -0.25) is 0 Å². The van der Waals surface area contributed by atoms with Crippen LogP contribution < -0.4 is 5.73 Å². The summed E-state index contributed by atoms with van der Waals surface area (Å²) in [5.41, 5.74) is 5.60. The minimum absolute atomic E-state index is 0.267. The second-order valence-corrected chi connectivity index (χ2v) is 5.93. The number of rotatable bonds is 1. The van der Waals surface area contributed by atoms with Gasteiger partial charge in [0.25, 0.3) is 0 Å². The smallest absolute Gasteiger partial charge is 0.0826 e. The van der Waals surface area contributed by atoms with Crippen LogP contribution in [0.4, 0.5) is 0 Å². The van der Waals surface area contributed by atoms with E-state index < -0.39 is 5.60 Å². The first kappa shape index (κ1) is 11.4. The highest BCUT2D eigenvalue weighted by molar-refractivity contribution is 5.06. The monoisotopic (exact) mass is 211 g/mol. The maximum atomic E-state index is 10.8. The van der Waals surface area contributed by atoms with Gasteiger partial charge in [0, 0.05) is 5.54 Å². The molecule has 2 nitrogen and oxygen atoms in total. The molecule has 2 heteroatoms. The molecule has 0 bridgehead atoms. The third kappa shape index (κ3) is 2.07. The molecular formula is C13H25NO. The molecular weight excluding hydrogens is 186 g/mol. The fourth-order valence-corrected chi connectivity index (χ4v) is 3.47. The normalized spacial score (nSPS) is 41.4. The van der Waals surface area contributed by atoms with E-state index in [1.807, 2.05) is 0 Å². The lowest BCUT2D eigenvalue weighted by Gasteiger charge is -2.42. The lowest BCUT2D eigenvalue weighted by atomic mass is 9.74. The van der Waals surface area contributed by atoms with Crippen LogP contribution in [0, 0.1) is 5.92 Å². The minimum atomic E-state index is -0.561. The molecule has 2 rings (SSSR count). The Balaban J connectivity index is 2.10. The molecule has 88 valence electrons. The Labute approximate surface area is 93.2 Å². The summed E-state index contributed by atoms with van der Waals surface area (Å²) in [6.07, 6.45) is 9.86. The maximum absolute atomic E-state index is 10.8. The first-order valence-electron chi connectivity index (χ1n) is 6.57. The van der Waals surface area contributed by atoms with Gasteiger partial charge in [-0.05, 0) is 38.0 Å². The Morgan fingerprint density at radius 2 is 1.67 bits per heavy atom. The van der Waals surface area contributed by atoms with Gasteiger partial charge >= 0.3 is 0 Å². The van der Waals surface area contributed by atoms with Crippen molar-refractivity contribution in [3.8, 4) is 0 Å². The van der Waals surface area contributed by atoms with Crippen molar-refractivity contribution in [3.05, 3.63) is 0 Å². The number of hydrogen-bond acceptors (Lipinski definition) is 2. The molecule has 0 aromatic heterocycles. The van der Waals surface area contributed by atoms with Gasteiger partial charge in [0.15, 0.2) is 0 Å². The Hall–Kier alpha value is -0.0800. The van der Waals surface area contributed by atoms with Crippen LogP contribution in [-0.4, -0.2) is 16.2 Å². The zero-order valence-corrected chi connectivity index (χ0v) is 9.97. The molecule has 2 atom stereocenters. The average molecular weight is 211 g/mol. The van der Waals surface area contributed by atoms with E-state index in [-0.39, 0.29) is 5.54 Å². The van der Waals surface area contributed by atoms with E-state index in [1.165, 1.54) is 19.3 Å². The predicted molar refractivity (Wildman–Crippen MR) is 62.6 cm³/mol. The van der Waals surface area contributed by atoms with Gasteiger partial charge in [0.2, 0.25) is 0 Å². The third-order valence-corrected chi connectivity index (χ3v) is 4.76. The molecule has 3 N–H and O–H groups in total. The second-order valence-electron chi connectivity index (χ2n) is 5.93. The molecule has 0 aromatic carbocycles. The molecule has 0 aromatic rings. The Bertz CT molecular complexity index is 223. The van der Waals surface area contributed by atoms with E-state index >= 15 is 0 Å². The van der Waals surface area contributed by atoms with E-state index in [1.54, 1.807) is 0 Å². The molecule has 0 heterocycles. The second kappa shape index (κ2) is 4.06. The van der Waals surface area contributed by atoms with Gasteiger partial charge in [0.05, 0.1) is 5.60 Å². The Morgan fingerprint density at radius 1 is 1.00 bits per heavy atom. The van der Waals surface area contributed by atoms with Gasteiger partial charge in [-0.1, -0.05) is 32.6 Å². The zero-order chi connectivity index (χ0) is 10.9. The molecule has 2 saturated carbocycles. The van der Waals surface area contributed by atoms with E-state index in [2.05, 4.69) is 6.92 Å². The summed E-state index contributed by atoms with van der Waals surface area (Å²) in [6, 6.07) is 0. The number of hydrogen-bond donors (Lipinski definition) is 2. The Morgan fingerprint density at radius 3 is 2.33 bits per heavy atom. The van der Waals surface area contributed by atoms with Gasteiger partial charge in [-0.2, -0.15) is 0 Å². The molecule has 0 radical (unpaired) electrons. The lowest BCUT2D eigenvalue weighted by molar-refractivity contribution is -0.0470. The maximum Gasteiger partial charge on any atom is 0.0826 e. The molecule has 0 amide bonds. The van der Waals surface area contributed by atoms with Crippen molar-refractivity contribution in [2.45, 2.75) is 75.9 Å². The van der Waals surface area contributed by atoms with Crippen molar-refractivity contribution < 1.29 is 5.11 Å². The van der Waals surface area contributed by atoms with Crippen LogP contribution in [0.3, 0.4) is 0 Å². The van der Waals surface area contributed by atoms with Gasteiger partial charge in [0.1, 0.15) is 0 Å². The van der Waals surface area contributed by atoms with Crippen molar-refractivity contribution >= 4 is 0 Å². The number of aliphatic hydroxyl groups is 1. The van der Waals surface area contributed by atoms with Crippen LogP contribution in [-0.2, 0) is 0 Å². The fourth-order valence-electron chi connectivity index (χ4n) is 3.47. The largest absolute Gasteiger partial charge is 0.388 e. The van der Waals surface area contributed by atoms with Gasteiger partial charge < -0.3 is 10.8 Å². The highest BCUT2D eigenvalue weighted by Crippen LogP contribution is 2.44. The van der Waals surface area contributed by atoms with Crippen molar-refractivity contribution in [1.82, 2.24) is 0 Å². The summed E-state index contributed by atoms with van der Waals surface area (Å²) in [5, 5.41) is 10.8. The standard InChI is InChI=1S/C13H25NO/c1-11-5-4-9-13(15,10-6-11)12(14)7-2-3-8-12/h11,15H,2-10,14H2,1H3. The number of nitrogens with two attached hydrogens (primary N) is 1. The van der Waals surface area contributed by atoms with Crippen LogP contribution in [0.2, 0.25) is 0 Å². The van der Waals surface area contributed by atoms with Crippen LogP contribution in [0.25, 0.3) is 0 Å². The highest BCUT2D eigenvalue weighted by Gasteiger charge is 2.48. The van der Waals surface area contributed by atoms with E-state index in [0.717, 1.165) is 44.4 Å². The summed E-state index contributed by atoms with van der Waals surface area (Å²) in [6.45, 7) is 2.30. The van der Waals surface area contributed by atoms with E-state index in [4.69, 9.17) is 5.73 Å². The summed E-state index contributed by atoms with van der Waals surface area (Å²) >= 11 is 0. The lowest BCUT2D eigenvalue weighted by Crippen LogP contribution is -2.58. The van der Waals surface area contributed by atoms with Crippen LogP contribution in [0.1, 0.15) is 64.7 Å². The summed E-state index contributed by atoms with van der Waals surface area (Å²) in [4.78, 5) is 0. The molecule has 0 saturated heterocycles. The molecule has 2 aliphatic carbocycles.